The van der Waals surface area contributed by atoms with Crippen molar-refractivity contribution in [2.75, 3.05) is 5.32 Å². The first-order valence-electron chi connectivity index (χ1n) is 5.11. The number of carboxylic acid groups (broad SMARTS) is 1. The van der Waals surface area contributed by atoms with Crippen molar-refractivity contribution >= 4 is 23.1 Å². The van der Waals surface area contributed by atoms with Crippen molar-refractivity contribution in [3.63, 3.8) is 0 Å². The molecule has 0 spiro atoms. The number of rotatable bonds is 5. The molecule has 0 amide bonds. The molecule has 0 aromatic heterocycles. The molecule has 0 aliphatic carbocycles. The number of benzene rings is 1. The van der Waals surface area contributed by atoms with Crippen LogP contribution in [0.1, 0.15) is 24.2 Å². The highest BCUT2D eigenvalue weighted by molar-refractivity contribution is 5.95. The van der Waals surface area contributed by atoms with Gasteiger partial charge in [0.1, 0.15) is 11.7 Å². The van der Waals surface area contributed by atoms with Gasteiger partial charge in [-0.3, -0.25) is 19.7 Å². The van der Waals surface area contributed by atoms with E-state index in [9.17, 15) is 19.7 Å². The summed E-state index contributed by atoms with van der Waals surface area (Å²) in [5.74, 6) is -1.42. The Morgan fingerprint density at radius 3 is 2.50 bits per heavy atom. The number of carbonyl (C=O) groups excluding carboxylic acids is 1. The van der Waals surface area contributed by atoms with Crippen LogP contribution < -0.4 is 5.32 Å². The quantitative estimate of drug-likeness (QED) is 0.468. The molecule has 1 rings (SSSR count). The molecular weight excluding hydrogens is 240 g/mol. The predicted molar refractivity (Wildman–Crippen MR) is 63.8 cm³/mol. The minimum absolute atomic E-state index is 0.0694. The zero-order valence-corrected chi connectivity index (χ0v) is 9.84. The molecule has 0 aliphatic rings. The molecule has 0 unspecified atom stereocenters. The van der Waals surface area contributed by atoms with Crippen LogP contribution in [0.5, 0.6) is 0 Å². The molecule has 0 radical (unpaired) electrons. The van der Waals surface area contributed by atoms with E-state index in [1.807, 2.05) is 0 Å². The first-order valence-corrected chi connectivity index (χ1v) is 5.11. The van der Waals surface area contributed by atoms with Crippen LogP contribution in [-0.4, -0.2) is 27.8 Å². The Kier molecular flexibility index (Phi) is 3.98. The van der Waals surface area contributed by atoms with E-state index in [1.54, 1.807) is 0 Å². The number of nitrogens with zero attached hydrogens (tertiary/aromatic N) is 1. The van der Waals surface area contributed by atoms with Crippen LogP contribution in [0.4, 0.5) is 11.4 Å². The van der Waals surface area contributed by atoms with E-state index in [0.717, 1.165) is 6.07 Å². The first-order chi connectivity index (χ1) is 8.32. The monoisotopic (exact) mass is 252 g/mol. The minimum atomic E-state index is -1.13. The van der Waals surface area contributed by atoms with Crippen molar-refractivity contribution in [2.24, 2.45) is 0 Å². The van der Waals surface area contributed by atoms with Gasteiger partial charge in [-0.15, -0.1) is 0 Å². The van der Waals surface area contributed by atoms with E-state index >= 15 is 0 Å². The number of carboxylic acids is 1. The van der Waals surface area contributed by atoms with Gasteiger partial charge in [0, 0.05) is 11.6 Å². The number of nitrogens with one attached hydrogen (secondary N) is 1. The van der Waals surface area contributed by atoms with Crippen LogP contribution in [0, 0.1) is 10.1 Å². The highest BCUT2D eigenvalue weighted by Gasteiger charge is 2.19. The Hall–Kier alpha value is -2.44. The number of nitro groups is 1. The standard InChI is InChI=1S/C11H12N2O5/c1-6(11(15)16)12-9-4-3-8(7(2)14)5-10(9)13(17)18/h3-6,12H,1-2H3,(H,15,16)/t6-/m0/s1. The fourth-order valence-electron chi connectivity index (χ4n) is 1.32. The largest absolute Gasteiger partial charge is 0.480 e. The summed E-state index contributed by atoms with van der Waals surface area (Å²) in [5, 5.41) is 22.1. The molecule has 0 heterocycles. The lowest BCUT2D eigenvalue weighted by Gasteiger charge is -2.11. The van der Waals surface area contributed by atoms with Gasteiger partial charge in [-0.25, -0.2) is 0 Å². The van der Waals surface area contributed by atoms with Gasteiger partial charge in [-0.2, -0.15) is 0 Å². The molecule has 1 aromatic carbocycles. The van der Waals surface area contributed by atoms with E-state index in [-0.39, 0.29) is 22.7 Å². The second-order valence-corrected chi connectivity index (χ2v) is 3.75. The Bertz CT molecular complexity index is 512. The summed E-state index contributed by atoms with van der Waals surface area (Å²) in [7, 11) is 0. The highest BCUT2D eigenvalue weighted by atomic mass is 16.6. The maximum atomic E-state index is 11.1. The second kappa shape index (κ2) is 5.26. The van der Waals surface area contributed by atoms with Crippen molar-refractivity contribution < 1.29 is 19.6 Å². The molecular formula is C11H12N2O5. The number of Topliss-reactive ketones (excluding diaryl/α,β-unsaturated/α-hetero) is 1. The van der Waals surface area contributed by atoms with Crippen molar-refractivity contribution in [1.82, 2.24) is 0 Å². The third kappa shape index (κ3) is 3.03. The lowest BCUT2D eigenvalue weighted by atomic mass is 10.1. The van der Waals surface area contributed by atoms with Crippen molar-refractivity contribution in [2.45, 2.75) is 19.9 Å². The molecule has 0 saturated heterocycles. The van der Waals surface area contributed by atoms with E-state index in [1.165, 1.54) is 26.0 Å². The maximum Gasteiger partial charge on any atom is 0.325 e. The number of aliphatic carboxylic acids is 1. The van der Waals surface area contributed by atoms with E-state index in [4.69, 9.17) is 5.11 Å². The van der Waals surface area contributed by atoms with Crippen molar-refractivity contribution in [1.29, 1.82) is 0 Å². The summed E-state index contributed by atoms with van der Waals surface area (Å²) in [6, 6.07) is 2.90. The summed E-state index contributed by atoms with van der Waals surface area (Å²) < 4.78 is 0. The Morgan fingerprint density at radius 1 is 1.44 bits per heavy atom. The average molecular weight is 252 g/mol. The smallest absolute Gasteiger partial charge is 0.325 e. The molecule has 96 valence electrons. The van der Waals surface area contributed by atoms with E-state index in [2.05, 4.69) is 5.32 Å². The Balaban J connectivity index is 3.16. The summed E-state index contributed by atoms with van der Waals surface area (Å²) in [5.41, 5.74) is -0.0501. The van der Waals surface area contributed by atoms with Gasteiger partial charge in [-0.1, -0.05) is 0 Å². The molecule has 1 atom stereocenters. The van der Waals surface area contributed by atoms with Gasteiger partial charge in [0.15, 0.2) is 5.78 Å². The third-order valence-electron chi connectivity index (χ3n) is 2.34. The normalized spacial score (nSPS) is 11.7. The zero-order chi connectivity index (χ0) is 13.9. The lowest BCUT2D eigenvalue weighted by Crippen LogP contribution is -2.25. The van der Waals surface area contributed by atoms with Gasteiger partial charge in [0.25, 0.3) is 5.69 Å². The van der Waals surface area contributed by atoms with Crippen LogP contribution in [-0.2, 0) is 4.79 Å². The summed E-state index contributed by atoms with van der Waals surface area (Å²) in [6.45, 7) is 2.66. The van der Waals surface area contributed by atoms with Gasteiger partial charge in [-0.05, 0) is 26.0 Å². The van der Waals surface area contributed by atoms with Crippen LogP contribution in [0.2, 0.25) is 0 Å². The SMILES string of the molecule is CC(=O)c1ccc(N[C@@H](C)C(=O)O)c([N+](=O)[O-])c1. The lowest BCUT2D eigenvalue weighted by molar-refractivity contribution is -0.384. The molecule has 0 fully saturated rings. The van der Waals surface area contributed by atoms with Crippen LogP contribution in [0.15, 0.2) is 18.2 Å². The van der Waals surface area contributed by atoms with Crippen LogP contribution in [0.3, 0.4) is 0 Å². The summed E-state index contributed by atoms with van der Waals surface area (Å²) in [4.78, 5) is 32.0. The summed E-state index contributed by atoms with van der Waals surface area (Å²) >= 11 is 0. The van der Waals surface area contributed by atoms with Crippen molar-refractivity contribution in [3.05, 3.63) is 33.9 Å². The fourth-order valence-corrected chi connectivity index (χ4v) is 1.32. The predicted octanol–water partition coefficient (Wildman–Crippen LogP) is 1.68. The van der Waals surface area contributed by atoms with Gasteiger partial charge in [0.2, 0.25) is 0 Å². The molecule has 0 saturated carbocycles. The molecule has 1 aromatic rings. The van der Waals surface area contributed by atoms with E-state index in [0.29, 0.717) is 0 Å². The fraction of sp³-hybridized carbons (Fsp3) is 0.273. The minimum Gasteiger partial charge on any atom is -0.480 e. The number of hydrogen-bond acceptors (Lipinski definition) is 5. The third-order valence-corrected chi connectivity index (χ3v) is 2.34. The molecule has 18 heavy (non-hydrogen) atoms. The first kappa shape index (κ1) is 13.6. The average Bonchev–Trinajstić information content (AvgIpc) is 2.28. The van der Waals surface area contributed by atoms with Crippen LogP contribution >= 0.6 is 0 Å². The summed E-state index contributed by atoms with van der Waals surface area (Å²) in [6.07, 6.45) is 0. The van der Waals surface area contributed by atoms with Crippen LogP contribution in [0.25, 0.3) is 0 Å². The Labute approximate surface area is 103 Å². The molecule has 0 aliphatic heterocycles. The molecule has 7 heteroatoms. The number of carbonyl (C=O) groups is 2. The van der Waals surface area contributed by atoms with Gasteiger partial charge < -0.3 is 10.4 Å². The number of nitro benzene ring substituents is 1. The second-order valence-electron chi connectivity index (χ2n) is 3.75. The van der Waals surface area contributed by atoms with Crippen molar-refractivity contribution in [3.8, 4) is 0 Å². The number of ketones is 1. The molecule has 2 N–H and O–H groups in total. The number of anilines is 1. The number of hydrogen-bond donors (Lipinski definition) is 2. The molecule has 7 nitrogen and oxygen atoms in total. The maximum absolute atomic E-state index is 11.1. The van der Waals surface area contributed by atoms with Gasteiger partial charge in [0.05, 0.1) is 4.92 Å². The molecule has 0 bridgehead atoms. The van der Waals surface area contributed by atoms with Gasteiger partial charge >= 0.3 is 5.97 Å². The zero-order valence-electron chi connectivity index (χ0n) is 9.84. The topological polar surface area (TPSA) is 110 Å². The van der Waals surface area contributed by atoms with E-state index < -0.39 is 16.9 Å². The highest BCUT2D eigenvalue weighted by Crippen LogP contribution is 2.26. The Morgan fingerprint density at radius 2 is 2.06 bits per heavy atom.